The molecule has 5 rings (SSSR count). The highest BCUT2D eigenvalue weighted by atomic mass is 19.1. The van der Waals surface area contributed by atoms with Gasteiger partial charge in [-0.1, -0.05) is 5.21 Å². The van der Waals surface area contributed by atoms with Crippen molar-refractivity contribution in [3.63, 3.8) is 0 Å². The summed E-state index contributed by atoms with van der Waals surface area (Å²) in [6.45, 7) is 1.44. The van der Waals surface area contributed by atoms with E-state index in [1.165, 1.54) is 17.8 Å². The number of nitrogens with one attached hydrogen (secondary N) is 2. The van der Waals surface area contributed by atoms with E-state index < -0.39 is 24.3 Å². The predicted octanol–water partition coefficient (Wildman–Crippen LogP) is 3.54. The Morgan fingerprint density at radius 3 is 2.63 bits per heavy atom. The monoisotopic (exact) mass is 522 g/mol. The number of anilines is 2. The first kappa shape index (κ1) is 25.3. The second kappa shape index (κ2) is 10.6. The molecule has 0 spiro atoms. The van der Waals surface area contributed by atoms with E-state index in [4.69, 9.17) is 4.74 Å². The minimum atomic E-state index is -1.62. The molecule has 0 radical (unpaired) electrons. The molecule has 2 atom stereocenters. The Labute approximate surface area is 215 Å². The Bertz CT molecular complexity index is 1440. The van der Waals surface area contributed by atoms with E-state index in [1.54, 1.807) is 31.4 Å². The van der Waals surface area contributed by atoms with Crippen LogP contribution in [0.4, 0.5) is 20.3 Å². The molecule has 0 aliphatic heterocycles. The first-order valence-corrected chi connectivity index (χ1v) is 11.8. The molecule has 4 aromatic heterocycles. The van der Waals surface area contributed by atoms with Gasteiger partial charge in [0, 0.05) is 30.4 Å². The van der Waals surface area contributed by atoms with Crippen LogP contribution < -0.4 is 10.6 Å². The van der Waals surface area contributed by atoms with Crippen LogP contribution in [0, 0.1) is 11.8 Å². The van der Waals surface area contributed by atoms with Gasteiger partial charge in [-0.15, -0.1) is 5.10 Å². The van der Waals surface area contributed by atoms with Gasteiger partial charge in [-0.05, 0) is 50.1 Å². The van der Waals surface area contributed by atoms with Crippen molar-refractivity contribution in [1.29, 1.82) is 0 Å². The second-order valence-electron chi connectivity index (χ2n) is 8.85. The second-order valence-corrected chi connectivity index (χ2v) is 8.85. The van der Waals surface area contributed by atoms with Crippen LogP contribution in [-0.4, -0.2) is 47.4 Å². The number of aliphatic hydroxyl groups is 1. The molecule has 4 aromatic rings. The van der Waals surface area contributed by atoms with Gasteiger partial charge in [0.15, 0.2) is 11.5 Å². The molecular formula is C25H24F2N8O3. The molecule has 1 aliphatic carbocycles. The number of hydrogen-bond donors (Lipinski definition) is 3. The van der Waals surface area contributed by atoms with E-state index in [0.29, 0.717) is 28.6 Å². The number of aryl methyl sites for hydroxylation is 1. The van der Waals surface area contributed by atoms with Crippen LogP contribution >= 0.6 is 0 Å². The zero-order valence-corrected chi connectivity index (χ0v) is 20.5. The van der Waals surface area contributed by atoms with Crippen LogP contribution in [0.2, 0.25) is 0 Å². The third kappa shape index (κ3) is 5.63. The van der Waals surface area contributed by atoms with Gasteiger partial charge >= 0.3 is 0 Å². The van der Waals surface area contributed by atoms with Crippen LogP contribution in [-0.2, 0) is 11.8 Å². The van der Waals surface area contributed by atoms with Crippen molar-refractivity contribution >= 4 is 17.4 Å². The summed E-state index contributed by atoms with van der Waals surface area (Å²) in [6.07, 6.45) is 3.41. The molecule has 0 bridgehead atoms. The van der Waals surface area contributed by atoms with Crippen molar-refractivity contribution in [2.45, 2.75) is 38.2 Å². The van der Waals surface area contributed by atoms with E-state index in [-0.39, 0.29) is 17.3 Å². The molecule has 1 saturated carbocycles. The Morgan fingerprint density at radius 2 is 1.95 bits per heavy atom. The third-order valence-corrected chi connectivity index (χ3v) is 6.00. The number of rotatable bonds is 9. The van der Waals surface area contributed by atoms with Crippen LogP contribution in [0.5, 0.6) is 0 Å². The number of nitrogens with zero attached hydrogens (tertiary/aromatic N) is 6. The van der Waals surface area contributed by atoms with Crippen molar-refractivity contribution in [3.05, 3.63) is 77.5 Å². The van der Waals surface area contributed by atoms with Gasteiger partial charge in [0.1, 0.15) is 5.82 Å². The zero-order valence-electron chi connectivity index (χ0n) is 20.5. The molecule has 0 saturated heterocycles. The average Bonchev–Trinajstić information content (AvgIpc) is 3.70. The Balaban J connectivity index is 1.24. The number of aliphatic hydroxyl groups excluding tert-OH is 1. The zero-order chi connectivity index (χ0) is 26.8. The van der Waals surface area contributed by atoms with Gasteiger partial charge in [0.2, 0.25) is 12.4 Å². The molecule has 0 aromatic carbocycles. The molecule has 1 amide bonds. The molecule has 4 heterocycles. The van der Waals surface area contributed by atoms with E-state index >= 15 is 0 Å². The normalized spacial score (nSPS) is 14.7. The number of hydrogen-bond acceptors (Lipinski definition) is 9. The summed E-state index contributed by atoms with van der Waals surface area (Å²) < 4.78 is 34.1. The van der Waals surface area contributed by atoms with Crippen LogP contribution in [0.15, 0.2) is 48.9 Å². The first-order chi connectivity index (χ1) is 18.3. The fraction of sp³-hybridized carbons (Fsp3) is 0.280. The smallest absolute Gasteiger partial charge is 0.257 e. The molecule has 1 unspecified atom stereocenters. The van der Waals surface area contributed by atoms with E-state index in [0.717, 1.165) is 30.8 Å². The Hall–Kier alpha value is -4.36. The molecule has 196 valence electrons. The van der Waals surface area contributed by atoms with Crippen LogP contribution in [0.1, 0.15) is 53.4 Å². The van der Waals surface area contributed by atoms with Crippen molar-refractivity contribution in [2.75, 3.05) is 10.6 Å². The summed E-state index contributed by atoms with van der Waals surface area (Å²) in [5, 5.41) is 23.9. The fourth-order valence-electron chi connectivity index (χ4n) is 3.80. The number of amides is 1. The summed E-state index contributed by atoms with van der Waals surface area (Å²) in [7, 11) is 1.59. The first-order valence-electron chi connectivity index (χ1n) is 11.8. The average molecular weight is 523 g/mol. The largest absolute Gasteiger partial charge is 0.351 e. The summed E-state index contributed by atoms with van der Waals surface area (Å²) in [5.41, 5.74) is 2.45. The van der Waals surface area contributed by atoms with Gasteiger partial charge in [-0.25, -0.2) is 14.1 Å². The number of carbonyl (C=O) groups is 1. The Kier molecular flexibility index (Phi) is 7.03. The maximum atomic E-state index is 13.9. The number of pyridine rings is 3. The maximum absolute atomic E-state index is 13.9. The highest BCUT2D eigenvalue weighted by Gasteiger charge is 2.25. The lowest BCUT2D eigenvalue weighted by atomic mass is 10.2. The van der Waals surface area contributed by atoms with E-state index in [1.807, 2.05) is 6.07 Å². The molecule has 1 fully saturated rings. The van der Waals surface area contributed by atoms with E-state index in [2.05, 4.69) is 35.9 Å². The minimum Gasteiger partial charge on any atom is -0.351 e. The van der Waals surface area contributed by atoms with Crippen LogP contribution in [0.25, 0.3) is 11.4 Å². The van der Waals surface area contributed by atoms with Crippen molar-refractivity contribution < 1.29 is 23.4 Å². The summed E-state index contributed by atoms with van der Waals surface area (Å²) in [6, 6.07) is 7.85. The van der Waals surface area contributed by atoms with Gasteiger partial charge < -0.3 is 20.5 Å². The van der Waals surface area contributed by atoms with Crippen LogP contribution in [0.3, 0.4) is 0 Å². The van der Waals surface area contributed by atoms with Gasteiger partial charge in [-0.2, -0.15) is 4.39 Å². The highest BCUT2D eigenvalue weighted by Crippen LogP contribution is 2.38. The Morgan fingerprint density at radius 1 is 1.13 bits per heavy atom. The third-order valence-electron chi connectivity index (χ3n) is 6.00. The van der Waals surface area contributed by atoms with Crippen molar-refractivity contribution in [3.8, 4) is 11.4 Å². The van der Waals surface area contributed by atoms with Crippen molar-refractivity contribution in [2.24, 2.45) is 7.05 Å². The quantitative estimate of drug-likeness (QED) is 0.222. The lowest BCUT2D eigenvalue weighted by Crippen LogP contribution is -2.26. The van der Waals surface area contributed by atoms with E-state index in [9.17, 15) is 18.7 Å². The minimum absolute atomic E-state index is 0.150. The molecular weight excluding hydrogens is 498 g/mol. The van der Waals surface area contributed by atoms with Gasteiger partial charge in [0.05, 0.1) is 35.4 Å². The highest BCUT2D eigenvalue weighted by molar-refractivity contribution is 6.04. The lowest BCUT2D eigenvalue weighted by molar-refractivity contribution is -0.115. The van der Waals surface area contributed by atoms with Crippen molar-refractivity contribution in [1.82, 2.24) is 29.9 Å². The fourth-order valence-corrected chi connectivity index (χ4v) is 3.80. The number of ether oxygens (including phenoxy) is 1. The van der Waals surface area contributed by atoms with Gasteiger partial charge in [0.25, 0.3) is 5.91 Å². The summed E-state index contributed by atoms with van der Waals surface area (Å²) >= 11 is 0. The molecule has 3 N–H and O–H groups in total. The number of aromatic nitrogens is 6. The topological polar surface area (TPSA) is 140 Å². The molecule has 38 heavy (non-hydrogen) atoms. The SMILES string of the molecule is C[C@@H](OC(O)Nc1c(-c2ccc(NC(=O)c3ccc(C4CC4)nc3)cn2)nnn1C)c1cc(F)cnc1F. The summed E-state index contributed by atoms with van der Waals surface area (Å²) in [5.74, 6) is -1.18. The molecule has 1 aliphatic rings. The predicted molar refractivity (Wildman–Crippen MR) is 132 cm³/mol. The lowest BCUT2D eigenvalue weighted by Gasteiger charge is -2.20. The number of halogens is 2. The summed E-state index contributed by atoms with van der Waals surface area (Å²) in [4.78, 5) is 24.6. The molecule has 13 heteroatoms. The standard InChI is InChI=1S/C25H24F2N8O3/c1-13(18-9-16(26)11-30-22(18)27)38-25(37)32-23-21(33-34-35(23)2)20-8-6-17(12-29-20)31-24(36)15-5-7-19(28-10-15)14-3-4-14/h5-14,25,32,37H,3-4H2,1-2H3,(H,31,36)/t13-,25?/m1/s1. The van der Waals surface area contributed by atoms with Gasteiger partial charge in [-0.3, -0.25) is 14.8 Å². The maximum Gasteiger partial charge on any atom is 0.257 e. The molecule has 11 nitrogen and oxygen atoms in total. The number of carbonyl (C=O) groups excluding carboxylic acids is 1.